The quantitative estimate of drug-likeness (QED) is 0.379. The summed E-state index contributed by atoms with van der Waals surface area (Å²) in [6, 6.07) is 0. The third kappa shape index (κ3) is 2.49. The number of allylic oxidation sites excluding steroid dienone is 3. The molecular weight excluding hydrogens is 182 g/mol. The van der Waals surface area contributed by atoms with E-state index in [0.717, 1.165) is 13.0 Å². The molecule has 0 amide bonds. The van der Waals surface area contributed by atoms with Crippen LogP contribution in [-0.2, 0) is 0 Å². The van der Waals surface area contributed by atoms with Crippen LogP contribution < -0.4 is 0 Å². The van der Waals surface area contributed by atoms with Crippen LogP contribution in [0.4, 0.5) is 0 Å². The molecule has 70 valence electrons. The molecule has 1 unspecified atom stereocenters. The van der Waals surface area contributed by atoms with Gasteiger partial charge >= 0.3 is 0 Å². The van der Waals surface area contributed by atoms with Crippen LogP contribution in [0.5, 0.6) is 0 Å². The van der Waals surface area contributed by atoms with Crippen LogP contribution in [0.2, 0.25) is 0 Å². The predicted molar refractivity (Wildman–Crippen MR) is 58.6 cm³/mol. The maximum absolute atomic E-state index is 6.22. The van der Waals surface area contributed by atoms with Gasteiger partial charge in [-0.25, -0.2) is 0 Å². The van der Waals surface area contributed by atoms with E-state index in [-0.39, 0.29) is 5.50 Å². The molecule has 0 bridgehead atoms. The molecule has 2 heteroatoms. The highest BCUT2D eigenvalue weighted by Crippen LogP contribution is 2.22. The third-order valence-electron chi connectivity index (χ3n) is 1.90. The molecule has 0 N–H and O–H groups in total. The molecule has 0 aromatic heterocycles. The summed E-state index contributed by atoms with van der Waals surface area (Å²) in [6.07, 6.45) is 10.6. The Labute approximate surface area is 84.7 Å². The molecule has 0 aromatic carbocycles. The Morgan fingerprint density at radius 2 is 2.23 bits per heavy atom. The second kappa shape index (κ2) is 4.93. The van der Waals surface area contributed by atoms with Crippen LogP contribution in [0.15, 0.2) is 49.2 Å². The van der Waals surface area contributed by atoms with E-state index in [9.17, 15) is 0 Å². The fourth-order valence-electron chi connectivity index (χ4n) is 1.28. The standard InChI is InChI=1S/C11H14ClN/c1-3-6-10-7-5-9-13(8-4-2)11(10)12/h3-5,7,9,11H,1-2,6,8H2. The molecular formula is C11H14ClN. The lowest BCUT2D eigenvalue weighted by Crippen LogP contribution is -2.29. The number of rotatable bonds is 4. The molecule has 0 saturated carbocycles. The lowest BCUT2D eigenvalue weighted by atomic mass is 10.1. The van der Waals surface area contributed by atoms with E-state index in [4.69, 9.17) is 11.6 Å². The topological polar surface area (TPSA) is 3.24 Å². The Bertz CT molecular complexity index is 253. The minimum Gasteiger partial charge on any atom is -0.354 e. The largest absolute Gasteiger partial charge is 0.354 e. The van der Waals surface area contributed by atoms with Gasteiger partial charge in [0.1, 0.15) is 5.50 Å². The molecule has 1 nitrogen and oxygen atoms in total. The minimum absolute atomic E-state index is 0.0546. The fourth-order valence-corrected chi connectivity index (χ4v) is 1.59. The van der Waals surface area contributed by atoms with Gasteiger partial charge in [0, 0.05) is 12.7 Å². The van der Waals surface area contributed by atoms with Gasteiger partial charge in [0.15, 0.2) is 0 Å². The van der Waals surface area contributed by atoms with E-state index in [0.29, 0.717) is 0 Å². The van der Waals surface area contributed by atoms with Crippen molar-refractivity contribution in [1.82, 2.24) is 4.90 Å². The molecule has 1 heterocycles. The maximum Gasteiger partial charge on any atom is 0.126 e. The number of halogens is 1. The van der Waals surface area contributed by atoms with Gasteiger partial charge in [-0.3, -0.25) is 0 Å². The maximum atomic E-state index is 6.22. The number of hydrogen-bond acceptors (Lipinski definition) is 1. The number of nitrogens with zero attached hydrogens (tertiary/aromatic N) is 1. The Morgan fingerprint density at radius 1 is 1.46 bits per heavy atom. The second-order valence-corrected chi connectivity index (χ2v) is 3.31. The van der Waals surface area contributed by atoms with E-state index in [1.165, 1.54) is 5.57 Å². The summed E-state index contributed by atoms with van der Waals surface area (Å²) in [5, 5.41) is 0. The summed E-state index contributed by atoms with van der Waals surface area (Å²) >= 11 is 6.22. The first-order valence-electron chi connectivity index (χ1n) is 4.28. The van der Waals surface area contributed by atoms with Gasteiger partial charge in [-0.2, -0.15) is 0 Å². The van der Waals surface area contributed by atoms with Crippen molar-refractivity contribution in [1.29, 1.82) is 0 Å². The van der Waals surface area contributed by atoms with Crippen LogP contribution in [0.1, 0.15) is 6.42 Å². The van der Waals surface area contributed by atoms with Crippen molar-refractivity contribution < 1.29 is 0 Å². The van der Waals surface area contributed by atoms with Crippen LogP contribution in [0.3, 0.4) is 0 Å². The summed E-state index contributed by atoms with van der Waals surface area (Å²) < 4.78 is 0. The Morgan fingerprint density at radius 3 is 2.85 bits per heavy atom. The van der Waals surface area contributed by atoms with E-state index in [2.05, 4.69) is 13.2 Å². The molecule has 0 spiro atoms. The molecule has 0 radical (unpaired) electrons. The lowest BCUT2D eigenvalue weighted by molar-refractivity contribution is 0.408. The third-order valence-corrected chi connectivity index (χ3v) is 2.44. The average molecular weight is 196 g/mol. The first-order chi connectivity index (χ1) is 6.29. The van der Waals surface area contributed by atoms with Crippen LogP contribution >= 0.6 is 11.6 Å². The van der Waals surface area contributed by atoms with Crippen LogP contribution in [0.25, 0.3) is 0 Å². The van der Waals surface area contributed by atoms with Gasteiger partial charge in [0.2, 0.25) is 0 Å². The molecule has 0 aromatic rings. The zero-order valence-electron chi connectivity index (χ0n) is 7.62. The molecule has 0 aliphatic carbocycles. The van der Waals surface area contributed by atoms with Crippen molar-refractivity contribution in [3.05, 3.63) is 49.2 Å². The molecule has 1 aliphatic rings. The zero-order chi connectivity index (χ0) is 9.68. The molecule has 13 heavy (non-hydrogen) atoms. The molecule has 1 atom stereocenters. The Kier molecular flexibility index (Phi) is 3.84. The summed E-state index contributed by atoms with van der Waals surface area (Å²) in [5.74, 6) is 0. The Hall–Kier alpha value is -0.950. The van der Waals surface area contributed by atoms with E-state index in [1.54, 1.807) is 0 Å². The fraction of sp³-hybridized carbons (Fsp3) is 0.273. The summed E-state index contributed by atoms with van der Waals surface area (Å²) in [6.45, 7) is 8.16. The first kappa shape index (κ1) is 10.1. The summed E-state index contributed by atoms with van der Waals surface area (Å²) in [4.78, 5) is 2.04. The van der Waals surface area contributed by atoms with E-state index >= 15 is 0 Å². The highest BCUT2D eigenvalue weighted by Gasteiger charge is 2.16. The SMILES string of the molecule is C=CCC1=CC=CN(CC=C)C1Cl. The van der Waals surface area contributed by atoms with Gasteiger partial charge in [0.25, 0.3) is 0 Å². The summed E-state index contributed by atoms with van der Waals surface area (Å²) in [5.41, 5.74) is 1.13. The van der Waals surface area contributed by atoms with Crippen molar-refractivity contribution >= 4 is 11.6 Å². The van der Waals surface area contributed by atoms with Crippen molar-refractivity contribution in [2.24, 2.45) is 0 Å². The summed E-state index contributed by atoms with van der Waals surface area (Å²) in [7, 11) is 0. The van der Waals surface area contributed by atoms with Crippen LogP contribution in [0, 0.1) is 0 Å². The van der Waals surface area contributed by atoms with E-state index in [1.807, 2.05) is 35.4 Å². The minimum atomic E-state index is -0.0546. The van der Waals surface area contributed by atoms with Gasteiger partial charge in [-0.05, 0) is 18.1 Å². The molecule has 1 aliphatic heterocycles. The van der Waals surface area contributed by atoms with Gasteiger partial charge in [0.05, 0.1) is 0 Å². The van der Waals surface area contributed by atoms with Gasteiger partial charge < -0.3 is 4.90 Å². The molecule has 1 rings (SSSR count). The monoisotopic (exact) mass is 195 g/mol. The van der Waals surface area contributed by atoms with Crippen molar-refractivity contribution in [2.75, 3.05) is 6.54 Å². The second-order valence-electron chi connectivity index (χ2n) is 2.90. The number of hydrogen-bond donors (Lipinski definition) is 0. The highest BCUT2D eigenvalue weighted by molar-refractivity contribution is 6.22. The van der Waals surface area contributed by atoms with Crippen molar-refractivity contribution in [3.8, 4) is 0 Å². The Balaban J connectivity index is 2.67. The van der Waals surface area contributed by atoms with Crippen molar-refractivity contribution in [3.63, 3.8) is 0 Å². The number of alkyl halides is 1. The van der Waals surface area contributed by atoms with Crippen LogP contribution in [-0.4, -0.2) is 16.9 Å². The molecule has 0 saturated heterocycles. The predicted octanol–water partition coefficient (Wildman–Crippen LogP) is 3.07. The average Bonchev–Trinajstić information content (AvgIpc) is 2.13. The lowest BCUT2D eigenvalue weighted by Gasteiger charge is -2.28. The van der Waals surface area contributed by atoms with Gasteiger partial charge in [-0.15, -0.1) is 13.2 Å². The highest BCUT2D eigenvalue weighted by atomic mass is 35.5. The van der Waals surface area contributed by atoms with Gasteiger partial charge in [-0.1, -0.05) is 29.8 Å². The first-order valence-corrected chi connectivity index (χ1v) is 4.72. The van der Waals surface area contributed by atoms with Crippen molar-refractivity contribution in [2.45, 2.75) is 11.9 Å². The normalized spacial score (nSPS) is 21.2. The molecule has 0 fully saturated rings. The smallest absolute Gasteiger partial charge is 0.126 e. The zero-order valence-corrected chi connectivity index (χ0v) is 8.37. The van der Waals surface area contributed by atoms with E-state index < -0.39 is 0 Å².